The molecule has 19 heavy (non-hydrogen) atoms. The van der Waals surface area contributed by atoms with E-state index in [-0.39, 0.29) is 0 Å². The Morgan fingerprint density at radius 3 is 3.16 bits per heavy atom. The van der Waals surface area contributed by atoms with Gasteiger partial charge in [0.15, 0.2) is 0 Å². The molecular weight excluding hydrogens is 236 g/mol. The lowest BCUT2D eigenvalue weighted by atomic mass is 10.1. The van der Waals surface area contributed by atoms with Gasteiger partial charge in [0.05, 0.1) is 5.56 Å². The Hall–Kier alpha value is -1.60. The number of nitrogens with zero attached hydrogens (tertiary/aromatic N) is 2. The van der Waals surface area contributed by atoms with Gasteiger partial charge in [0.2, 0.25) is 0 Å². The Labute approximate surface area is 114 Å². The van der Waals surface area contributed by atoms with Crippen LogP contribution in [0.25, 0.3) is 0 Å². The molecule has 1 aromatic rings. The molecule has 0 spiro atoms. The van der Waals surface area contributed by atoms with Crippen LogP contribution in [0.2, 0.25) is 0 Å². The number of rotatable bonds is 4. The minimum Gasteiger partial charge on any atom is -0.369 e. The maximum absolute atomic E-state index is 9.22. The highest BCUT2D eigenvalue weighted by atomic mass is 15.0. The van der Waals surface area contributed by atoms with Crippen LogP contribution in [-0.4, -0.2) is 24.1 Å². The summed E-state index contributed by atoms with van der Waals surface area (Å²) < 4.78 is 0. The molecule has 0 amide bonds. The monoisotopic (exact) mass is 256 g/mol. The van der Waals surface area contributed by atoms with Gasteiger partial charge in [-0.25, -0.2) is 4.98 Å². The number of pyridine rings is 1. The van der Waals surface area contributed by atoms with Crippen molar-refractivity contribution in [2.24, 2.45) is 0 Å². The predicted octanol–water partition coefficient (Wildman–Crippen LogP) is 2.00. The van der Waals surface area contributed by atoms with E-state index in [1.54, 1.807) is 0 Å². The summed E-state index contributed by atoms with van der Waals surface area (Å²) in [6, 6.07) is 4.91. The molecular formula is C15H20N4. The van der Waals surface area contributed by atoms with Gasteiger partial charge in [-0.05, 0) is 56.7 Å². The highest BCUT2D eigenvalue weighted by Gasteiger charge is 2.17. The van der Waals surface area contributed by atoms with Crippen LogP contribution in [0.4, 0.5) is 5.82 Å². The topological polar surface area (TPSA) is 60.7 Å². The molecule has 1 aromatic heterocycles. The van der Waals surface area contributed by atoms with Crippen LogP contribution in [0.1, 0.15) is 42.5 Å². The molecule has 3 rings (SSSR count). The third-order valence-corrected chi connectivity index (χ3v) is 4.12. The Morgan fingerprint density at radius 2 is 2.37 bits per heavy atom. The van der Waals surface area contributed by atoms with Gasteiger partial charge in [0.25, 0.3) is 0 Å². The van der Waals surface area contributed by atoms with E-state index in [4.69, 9.17) is 0 Å². The Morgan fingerprint density at radius 1 is 1.42 bits per heavy atom. The predicted molar refractivity (Wildman–Crippen MR) is 75.1 cm³/mol. The number of fused-ring (bicyclic) bond motifs is 1. The summed E-state index contributed by atoms with van der Waals surface area (Å²) in [5.74, 6) is 0.779. The van der Waals surface area contributed by atoms with Crippen LogP contribution in [0.3, 0.4) is 0 Å². The van der Waals surface area contributed by atoms with E-state index < -0.39 is 0 Å². The zero-order valence-corrected chi connectivity index (χ0v) is 11.2. The molecule has 4 heteroatoms. The van der Waals surface area contributed by atoms with Gasteiger partial charge in [-0.2, -0.15) is 5.26 Å². The molecule has 0 saturated carbocycles. The van der Waals surface area contributed by atoms with Gasteiger partial charge in [0.1, 0.15) is 11.9 Å². The molecule has 2 aliphatic rings. The fourth-order valence-corrected chi connectivity index (χ4v) is 3.06. The van der Waals surface area contributed by atoms with Crippen molar-refractivity contribution in [1.29, 1.82) is 5.26 Å². The summed E-state index contributed by atoms with van der Waals surface area (Å²) in [6.07, 6.45) is 6.95. The molecule has 0 aromatic carbocycles. The van der Waals surface area contributed by atoms with Crippen molar-refractivity contribution >= 4 is 5.82 Å². The lowest BCUT2D eigenvalue weighted by Crippen LogP contribution is -2.24. The molecule has 4 nitrogen and oxygen atoms in total. The molecule has 1 unspecified atom stereocenters. The van der Waals surface area contributed by atoms with E-state index in [9.17, 15) is 5.26 Å². The minimum atomic E-state index is 0.632. The second-order valence-electron chi connectivity index (χ2n) is 5.46. The van der Waals surface area contributed by atoms with Gasteiger partial charge in [0, 0.05) is 18.3 Å². The average Bonchev–Trinajstić information content (AvgIpc) is 3.08. The summed E-state index contributed by atoms with van der Waals surface area (Å²) in [5, 5.41) is 16.1. The lowest BCUT2D eigenvalue weighted by molar-refractivity contribution is 0.574. The lowest BCUT2D eigenvalue weighted by Gasteiger charge is -2.13. The van der Waals surface area contributed by atoms with Crippen LogP contribution < -0.4 is 10.6 Å². The van der Waals surface area contributed by atoms with Gasteiger partial charge < -0.3 is 10.6 Å². The molecule has 0 radical (unpaired) electrons. The molecule has 2 heterocycles. The van der Waals surface area contributed by atoms with Crippen molar-refractivity contribution in [1.82, 2.24) is 10.3 Å². The summed E-state index contributed by atoms with van der Waals surface area (Å²) in [6.45, 7) is 2.03. The number of anilines is 1. The summed E-state index contributed by atoms with van der Waals surface area (Å²) in [5.41, 5.74) is 3.14. The van der Waals surface area contributed by atoms with Crippen molar-refractivity contribution in [3.8, 4) is 6.07 Å². The maximum atomic E-state index is 9.22. The highest BCUT2D eigenvalue weighted by Crippen LogP contribution is 2.25. The van der Waals surface area contributed by atoms with E-state index in [0.717, 1.165) is 38.2 Å². The molecule has 1 aliphatic heterocycles. The van der Waals surface area contributed by atoms with Gasteiger partial charge in [-0.1, -0.05) is 0 Å². The standard InChI is InChI=1S/C15H20N4/c16-10-12-9-11-3-1-5-14(11)19-15(12)18-8-6-13-4-2-7-17-13/h9,13,17H,1-8H2,(H,18,19). The average molecular weight is 256 g/mol. The number of hydrogen-bond donors (Lipinski definition) is 2. The van der Waals surface area contributed by atoms with Crippen LogP contribution in [0.5, 0.6) is 0 Å². The first-order chi connectivity index (χ1) is 9.36. The summed E-state index contributed by atoms with van der Waals surface area (Å²) in [4.78, 5) is 4.63. The molecule has 1 fully saturated rings. The first-order valence-electron chi connectivity index (χ1n) is 7.27. The maximum Gasteiger partial charge on any atom is 0.144 e. The fraction of sp³-hybridized carbons (Fsp3) is 0.600. The number of nitriles is 1. The summed E-state index contributed by atoms with van der Waals surface area (Å²) in [7, 11) is 0. The van der Waals surface area contributed by atoms with Gasteiger partial charge >= 0.3 is 0 Å². The van der Waals surface area contributed by atoms with Crippen LogP contribution in [0.15, 0.2) is 6.07 Å². The Balaban J connectivity index is 1.64. The van der Waals surface area contributed by atoms with Gasteiger partial charge in [-0.3, -0.25) is 0 Å². The SMILES string of the molecule is N#Cc1cc2c(nc1NCCC1CCCN1)CCC2. The molecule has 1 atom stereocenters. The van der Waals surface area contributed by atoms with E-state index in [2.05, 4.69) is 21.7 Å². The smallest absolute Gasteiger partial charge is 0.144 e. The first-order valence-corrected chi connectivity index (χ1v) is 7.27. The molecule has 1 saturated heterocycles. The minimum absolute atomic E-state index is 0.632. The van der Waals surface area contributed by atoms with E-state index in [1.165, 1.54) is 30.5 Å². The van der Waals surface area contributed by atoms with E-state index >= 15 is 0 Å². The van der Waals surface area contributed by atoms with Crippen LogP contribution >= 0.6 is 0 Å². The number of nitrogens with one attached hydrogen (secondary N) is 2. The van der Waals surface area contributed by atoms with Crippen LogP contribution in [0, 0.1) is 11.3 Å². The molecule has 100 valence electrons. The Kier molecular flexibility index (Phi) is 3.65. The molecule has 1 aliphatic carbocycles. The second kappa shape index (κ2) is 5.58. The van der Waals surface area contributed by atoms with Crippen molar-refractivity contribution in [2.45, 2.75) is 44.6 Å². The zero-order chi connectivity index (χ0) is 13.1. The highest BCUT2D eigenvalue weighted by molar-refractivity contribution is 5.55. The number of hydrogen-bond acceptors (Lipinski definition) is 4. The van der Waals surface area contributed by atoms with Crippen molar-refractivity contribution in [3.05, 3.63) is 22.9 Å². The van der Waals surface area contributed by atoms with Crippen molar-refractivity contribution in [2.75, 3.05) is 18.4 Å². The quantitative estimate of drug-likeness (QED) is 0.865. The number of aryl methyl sites for hydroxylation is 2. The van der Waals surface area contributed by atoms with E-state index in [1.807, 2.05) is 6.07 Å². The third kappa shape index (κ3) is 2.71. The zero-order valence-electron chi connectivity index (χ0n) is 11.2. The summed E-state index contributed by atoms with van der Waals surface area (Å²) >= 11 is 0. The Bertz CT molecular complexity index is 498. The molecule has 2 N–H and O–H groups in total. The van der Waals surface area contributed by atoms with Crippen molar-refractivity contribution < 1.29 is 0 Å². The fourth-order valence-electron chi connectivity index (χ4n) is 3.06. The second-order valence-corrected chi connectivity index (χ2v) is 5.46. The molecule has 0 bridgehead atoms. The third-order valence-electron chi connectivity index (χ3n) is 4.12. The van der Waals surface area contributed by atoms with Gasteiger partial charge in [-0.15, -0.1) is 0 Å². The normalized spacial score (nSPS) is 21.1. The number of aromatic nitrogens is 1. The van der Waals surface area contributed by atoms with E-state index in [0.29, 0.717) is 11.6 Å². The first kappa shape index (κ1) is 12.4. The largest absolute Gasteiger partial charge is 0.369 e. The van der Waals surface area contributed by atoms with Crippen molar-refractivity contribution in [3.63, 3.8) is 0 Å². The van der Waals surface area contributed by atoms with Crippen LogP contribution in [-0.2, 0) is 12.8 Å².